The maximum atomic E-state index is 12.3. The van der Waals surface area contributed by atoms with Gasteiger partial charge in [0.2, 0.25) is 5.91 Å². The highest BCUT2D eigenvalue weighted by Gasteiger charge is 2.28. The second-order valence-electron chi connectivity index (χ2n) is 5.19. The molecule has 1 aliphatic heterocycles. The first-order valence-corrected chi connectivity index (χ1v) is 7.86. The Labute approximate surface area is 124 Å². The van der Waals surface area contributed by atoms with Crippen molar-refractivity contribution in [3.8, 4) is 0 Å². The van der Waals surface area contributed by atoms with Crippen molar-refractivity contribution in [1.82, 2.24) is 0 Å². The van der Waals surface area contributed by atoms with Crippen LogP contribution in [-0.4, -0.2) is 29.1 Å². The van der Waals surface area contributed by atoms with Crippen LogP contribution in [0.25, 0.3) is 0 Å². The molecule has 2 rings (SSSR count). The summed E-state index contributed by atoms with van der Waals surface area (Å²) < 4.78 is 5.53. The van der Waals surface area contributed by atoms with Crippen LogP contribution in [0.2, 0.25) is 0 Å². The van der Waals surface area contributed by atoms with Gasteiger partial charge in [-0.05, 0) is 44.9 Å². The molecule has 3 atom stereocenters. The minimum absolute atomic E-state index is 0.0165. The monoisotopic (exact) mass is 294 g/mol. The zero-order valence-electron chi connectivity index (χ0n) is 12.2. The van der Waals surface area contributed by atoms with Crippen LogP contribution in [0.5, 0.6) is 0 Å². The van der Waals surface area contributed by atoms with E-state index in [1.165, 1.54) is 0 Å². The first-order chi connectivity index (χ1) is 9.49. The molecule has 0 spiro atoms. The molecule has 1 aromatic rings. The van der Waals surface area contributed by atoms with E-state index in [-0.39, 0.29) is 17.3 Å². The predicted octanol–water partition coefficient (Wildman–Crippen LogP) is 2.81. The van der Waals surface area contributed by atoms with Crippen molar-refractivity contribution < 1.29 is 9.53 Å². The molecule has 0 radical (unpaired) electrons. The van der Waals surface area contributed by atoms with Gasteiger partial charge in [-0.25, -0.2) is 0 Å². The Morgan fingerprint density at radius 2 is 2.30 bits per heavy atom. The summed E-state index contributed by atoms with van der Waals surface area (Å²) in [5.41, 5.74) is 8.25. The van der Waals surface area contributed by atoms with E-state index in [0.29, 0.717) is 10.9 Å². The van der Waals surface area contributed by atoms with Crippen molar-refractivity contribution in [2.75, 3.05) is 17.7 Å². The third-order valence-electron chi connectivity index (χ3n) is 3.69. The largest absolute Gasteiger partial charge is 0.398 e. The summed E-state index contributed by atoms with van der Waals surface area (Å²) in [6.07, 6.45) is 1.24. The Bertz CT molecular complexity index is 493. The number of nitrogen functional groups attached to an aromatic ring is 1. The van der Waals surface area contributed by atoms with Gasteiger partial charge in [-0.1, -0.05) is 6.07 Å². The minimum Gasteiger partial charge on any atom is -0.398 e. The van der Waals surface area contributed by atoms with Gasteiger partial charge in [-0.2, -0.15) is 0 Å². The molecule has 1 aliphatic rings. The molecule has 1 heterocycles. The lowest BCUT2D eigenvalue weighted by molar-refractivity contribution is -0.115. The van der Waals surface area contributed by atoms with E-state index < -0.39 is 0 Å². The molecular formula is C15H22N2O2S. The van der Waals surface area contributed by atoms with Crippen LogP contribution in [0.3, 0.4) is 0 Å². The molecule has 20 heavy (non-hydrogen) atoms. The molecule has 5 heteroatoms. The fourth-order valence-corrected chi connectivity index (χ4v) is 3.48. The Morgan fingerprint density at radius 1 is 1.55 bits per heavy atom. The lowest BCUT2D eigenvalue weighted by Gasteiger charge is -2.19. The number of hydrogen-bond acceptors (Lipinski definition) is 4. The molecule has 110 valence electrons. The normalized spacial score (nSPS) is 23.6. The van der Waals surface area contributed by atoms with E-state index in [4.69, 9.17) is 10.5 Å². The van der Waals surface area contributed by atoms with Crippen molar-refractivity contribution in [2.24, 2.45) is 0 Å². The van der Waals surface area contributed by atoms with E-state index in [2.05, 4.69) is 12.2 Å². The first kappa shape index (κ1) is 15.2. The van der Waals surface area contributed by atoms with Gasteiger partial charge in [0.25, 0.3) is 0 Å². The Morgan fingerprint density at radius 3 is 2.95 bits per heavy atom. The number of nitrogens with two attached hydrogens (primary N) is 1. The van der Waals surface area contributed by atoms with E-state index in [9.17, 15) is 4.79 Å². The van der Waals surface area contributed by atoms with Crippen LogP contribution in [0, 0.1) is 6.92 Å². The number of ether oxygens (including phenoxy) is 1. The van der Waals surface area contributed by atoms with Gasteiger partial charge in [-0.3, -0.25) is 4.79 Å². The van der Waals surface area contributed by atoms with Gasteiger partial charge < -0.3 is 15.8 Å². The third-order valence-corrected chi connectivity index (χ3v) is 5.28. The molecule has 1 saturated heterocycles. The lowest BCUT2D eigenvalue weighted by Crippen LogP contribution is -2.27. The standard InChI is InChI=1S/C15H22N2O2S/c1-9-12(16)5-4-6-13(9)17-15(18)11(3)20-14-7-8-19-10(14)2/h4-6,10-11,14H,7-8,16H2,1-3H3,(H,17,18). The second kappa shape index (κ2) is 6.50. The molecule has 1 fully saturated rings. The fraction of sp³-hybridized carbons (Fsp3) is 0.533. The van der Waals surface area contributed by atoms with Crippen molar-refractivity contribution in [3.63, 3.8) is 0 Å². The third kappa shape index (κ3) is 3.46. The fourth-order valence-electron chi connectivity index (χ4n) is 2.24. The van der Waals surface area contributed by atoms with Crippen LogP contribution in [-0.2, 0) is 9.53 Å². The summed E-state index contributed by atoms with van der Waals surface area (Å²) in [5, 5.41) is 3.25. The van der Waals surface area contributed by atoms with Gasteiger partial charge in [0.15, 0.2) is 0 Å². The highest BCUT2D eigenvalue weighted by Crippen LogP contribution is 2.30. The molecule has 0 aliphatic carbocycles. The van der Waals surface area contributed by atoms with Crippen LogP contribution in [0.4, 0.5) is 11.4 Å². The summed E-state index contributed by atoms with van der Waals surface area (Å²) in [5.74, 6) is 0.0165. The number of benzene rings is 1. The molecule has 4 nitrogen and oxygen atoms in total. The summed E-state index contributed by atoms with van der Waals surface area (Å²) in [4.78, 5) is 12.3. The zero-order chi connectivity index (χ0) is 14.7. The molecule has 0 aromatic heterocycles. The zero-order valence-corrected chi connectivity index (χ0v) is 13.0. The summed E-state index contributed by atoms with van der Waals surface area (Å²) in [6, 6.07) is 5.56. The van der Waals surface area contributed by atoms with Gasteiger partial charge >= 0.3 is 0 Å². The van der Waals surface area contributed by atoms with Crippen molar-refractivity contribution >= 4 is 29.0 Å². The molecule has 0 saturated carbocycles. The van der Waals surface area contributed by atoms with Gasteiger partial charge in [0, 0.05) is 23.2 Å². The van der Waals surface area contributed by atoms with E-state index in [1.54, 1.807) is 11.8 Å². The summed E-state index contributed by atoms with van der Waals surface area (Å²) in [7, 11) is 0. The molecular weight excluding hydrogens is 272 g/mol. The Kier molecular flexibility index (Phi) is 4.94. The molecule has 3 unspecified atom stereocenters. The van der Waals surface area contributed by atoms with Crippen molar-refractivity contribution in [3.05, 3.63) is 23.8 Å². The average molecular weight is 294 g/mol. The SMILES string of the molecule is Cc1c(N)cccc1NC(=O)C(C)SC1CCOC1C. The van der Waals surface area contributed by atoms with Gasteiger partial charge in [0.05, 0.1) is 11.4 Å². The lowest BCUT2D eigenvalue weighted by atomic mass is 10.1. The van der Waals surface area contributed by atoms with E-state index in [0.717, 1.165) is 24.3 Å². The molecule has 0 bridgehead atoms. The summed E-state index contributed by atoms with van der Waals surface area (Å²) in [6.45, 7) is 6.71. The minimum atomic E-state index is -0.106. The second-order valence-corrected chi connectivity index (χ2v) is 6.78. The average Bonchev–Trinajstić information content (AvgIpc) is 2.80. The number of carbonyl (C=O) groups excluding carboxylic acids is 1. The number of carbonyl (C=O) groups is 1. The number of amides is 1. The number of hydrogen-bond donors (Lipinski definition) is 2. The number of nitrogens with one attached hydrogen (secondary N) is 1. The summed E-state index contributed by atoms with van der Waals surface area (Å²) >= 11 is 1.68. The van der Waals surface area contributed by atoms with Crippen LogP contribution < -0.4 is 11.1 Å². The number of anilines is 2. The maximum absolute atomic E-state index is 12.3. The van der Waals surface area contributed by atoms with E-state index in [1.807, 2.05) is 32.0 Å². The van der Waals surface area contributed by atoms with Crippen molar-refractivity contribution in [1.29, 1.82) is 0 Å². The first-order valence-electron chi connectivity index (χ1n) is 6.92. The van der Waals surface area contributed by atoms with Gasteiger partial charge in [0.1, 0.15) is 0 Å². The van der Waals surface area contributed by atoms with Gasteiger partial charge in [-0.15, -0.1) is 11.8 Å². The molecule has 1 aromatic carbocycles. The topological polar surface area (TPSA) is 64.3 Å². The van der Waals surface area contributed by atoms with Crippen LogP contribution in [0.15, 0.2) is 18.2 Å². The number of thioether (sulfide) groups is 1. The highest BCUT2D eigenvalue weighted by atomic mass is 32.2. The smallest absolute Gasteiger partial charge is 0.237 e. The quantitative estimate of drug-likeness (QED) is 0.838. The van der Waals surface area contributed by atoms with Crippen LogP contribution in [0.1, 0.15) is 25.8 Å². The van der Waals surface area contributed by atoms with E-state index >= 15 is 0 Å². The Hall–Kier alpha value is -1.20. The molecule has 1 amide bonds. The van der Waals surface area contributed by atoms with Crippen molar-refractivity contribution in [2.45, 2.75) is 43.8 Å². The Balaban J connectivity index is 1.95. The number of rotatable bonds is 4. The predicted molar refractivity (Wildman–Crippen MR) is 85.1 cm³/mol. The van der Waals surface area contributed by atoms with Crippen LogP contribution >= 0.6 is 11.8 Å². The highest BCUT2D eigenvalue weighted by molar-refractivity contribution is 8.01. The molecule has 3 N–H and O–H groups in total. The maximum Gasteiger partial charge on any atom is 0.237 e.